The minimum Gasteiger partial charge on any atom is -0.368 e. The van der Waals surface area contributed by atoms with Crippen molar-refractivity contribution in [2.24, 2.45) is 5.92 Å². The number of benzene rings is 2. The topological polar surface area (TPSA) is 83.3 Å². The van der Waals surface area contributed by atoms with E-state index in [4.69, 9.17) is 8.92 Å². The van der Waals surface area contributed by atoms with Crippen LogP contribution in [0, 0.1) is 18.7 Å². The van der Waals surface area contributed by atoms with Crippen LogP contribution in [0.3, 0.4) is 0 Å². The molecule has 0 amide bonds. The standard InChI is InChI=1S/C21H22FN3O4S/c1-16-2-8-20(9-3-16)30(26,27)29-12-17-10-21(28-11-17,13-25-15-23-14-24-25)18-4-6-19(22)7-5-18/h2-9,14-15,17H,10-13H2,1H3/t17-,21-/m0/s1. The van der Waals surface area contributed by atoms with Gasteiger partial charge in [0.05, 0.1) is 24.7 Å². The maximum atomic E-state index is 13.4. The molecule has 0 radical (unpaired) electrons. The summed E-state index contributed by atoms with van der Waals surface area (Å²) in [4.78, 5) is 4.09. The Morgan fingerprint density at radius 2 is 1.93 bits per heavy atom. The van der Waals surface area contributed by atoms with Crippen molar-refractivity contribution in [2.45, 2.75) is 30.4 Å². The molecule has 0 aliphatic carbocycles. The Hall–Kier alpha value is -2.62. The van der Waals surface area contributed by atoms with Gasteiger partial charge in [0, 0.05) is 5.92 Å². The zero-order chi connectivity index (χ0) is 21.2. The molecule has 1 aliphatic rings. The van der Waals surface area contributed by atoms with Crippen molar-refractivity contribution in [1.82, 2.24) is 14.8 Å². The van der Waals surface area contributed by atoms with Gasteiger partial charge in [-0.05, 0) is 43.2 Å². The van der Waals surface area contributed by atoms with Crippen LogP contribution in [0.15, 0.2) is 66.1 Å². The quantitative estimate of drug-likeness (QED) is 0.535. The summed E-state index contributed by atoms with van der Waals surface area (Å²) >= 11 is 0. The van der Waals surface area contributed by atoms with Crippen LogP contribution in [-0.4, -0.2) is 36.4 Å². The highest BCUT2D eigenvalue weighted by molar-refractivity contribution is 7.86. The van der Waals surface area contributed by atoms with Gasteiger partial charge in [0.2, 0.25) is 0 Å². The molecule has 0 saturated carbocycles. The molecule has 1 aromatic heterocycles. The number of nitrogens with zero attached hydrogens (tertiary/aromatic N) is 3. The molecule has 4 rings (SSSR count). The van der Waals surface area contributed by atoms with E-state index in [0.717, 1.165) is 11.1 Å². The second kappa shape index (κ2) is 8.25. The fourth-order valence-corrected chi connectivity index (χ4v) is 4.64. The van der Waals surface area contributed by atoms with Gasteiger partial charge in [-0.1, -0.05) is 29.8 Å². The first-order valence-electron chi connectivity index (χ1n) is 9.55. The van der Waals surface area contributed by atoms with Gasteiger partial charge in [0.25, 0.3) is 10.1 Å². The summed E-state index contributed by atoms with van der Waals surface area (Å²) in [5.74, 6) is -0.490. The smallest absolute Gasteiger partial charge is 0.296 e. The third-order valence-electron chi connectivity index (χ3n) is 5.24. The van der Waals surface area contributed by atoms with Gasteiger partial charge in [-0.25, -0.2) is 14.1 Å². The first kappa shape index (κ1) is 20.6. The molecule has 3 aromatic rings. The summed E-state index contributed by atoms with van der Waals surface area (Å²) < 4.78 is 51.6. The number of aromatic nitrogens is 3. The maximum absolute atomic E-state index is 13.4. The second-order valence-electron chi connectivity index (χ2n) is 7.53. The molecular formula is C21H22FN3O4S. The third-order valence-corrected chi connectivity index (χ3v) is 6.53. The van der Waals surface area contributed by atoms with Crippen LogP contribution in [-0.2, 0) is 31.2 Å². The van der Waals surface area contributed by atoms with Crippen molar-refractivity contribution in [1.29, 1.82) is 0 Å². The number of hydrogen-bond donors (Lipinski definition) is 0. The van der Waals surface area contributed by atoms with E-state index in [2.05, 4.69) is 10.1 Å². The van der Waals surface area contributed by atoms with Crippen molar-refractivity contribution < 1.29 is 21.7 Å². The van der Waals surface area contributed by atoms with Gasteiger partial charge in [-0.15, -0.1) is 0 Å². The Bertz CT molecular complexity index is 1090. The lowest BCUT2D eigenvalue weighted by molar-refractivity contribution is -0.0180. The van der Waals surface area contributed by atoms with Gasteiger partial charge in [0.1, 0.15) is 24.1 Å². The van der Waals surface area contributed by atoms with Crippen LogP contribution >= 0.6 is 0 Å². The first-order valence-corrected chi connectivity index (χ1v) is 11.0. The molecule has 0 unspecified atom stereocenters. The van der Waals surface area contributed by atoms with E-state index >= 15 is 0 Å². The molecule has 2 heterocycles. The van der Waals surface area contributed by atoms with E-state index in [0.29, 0.717) is 19.6 Å². The second-order valence-corrected chi connectivity index (χ2v) is 9.14. The van der Waals surface area contributed by atoms with Crippen molar-refractivity contribution in [3.05, 3.63) is 78.1 Å². The van der Waals surface area contributed by atoms with Gasteiger partial charge in [-0.2, -0.15) is 13.5 Å². The van der Waals surface area contributed by atoms with E-state index < -0.39 is 15.7 Å². The SMILES string of the molecule is Cc1ccc(S(=O)(=O)OC[C@@H]2CO[C@@](Cn3cncn3)(c3ccc(F)cc3)C2)cc1. The molecule has 1 aliphatic heterocycles. The Balaban J connectivity index is 1.50. The fraction of sp³-hybridized carbons (Fsp3) is 0.333. The first-order chi connectivity index (χ1) is 14.4. The highest BCUT2D eigenvalue weighted by Gasteiger charge is 2.43. The van der Waals surface area contributed by atoms with E-state index in [1.807, 2.05) is 6.92 Å². The average molecular weight is 431 g/mol. The summed E-state index contributed by atoms with van der Waals surface area (Å²) in [5, 5.41) is 4.15. The van der Waals surface area contributed by atoms with Gasteiger partial charge < -0.3 is 4.74 Å². The van der Waals surface area contributed by atoms with Crippen LogP contribution in [0.25, 0.3) is 0 Å². The summed E-state index contributed by atoms with van der Waals surface area (Å²) in [6.45, 7) is 2.57. The monoisotopic (exact) mass is 431 g/mol. The lowest BCUT2D eigenvalue weighted by atomic mass is 9.87. The van der Waals surface area contributed by atoms with Crippen molar-refractivity contribution in [2.75, 3.05) is 13.2 Å². The molecule has 7 nitrogen and oxygen atoms in total. The summed E-state index contributed by atoms with van der Waals surface area (Å²) in [7, 11) is -3.85. The van der Waals surface area contributed by atoms with Crippen LogP contribution < -0.4 is 0 Å². The molecule has 0 spiro atoms. The zero-order valence-corrected chi connectivity index (χ0v) is 17.3. The van der Waals surface area contributed by atoms with E-state index in [-0.39, 0.29) is 23.2 Å². The molecule has 2 aromatic carbocycles. The molecule has 1 saturated heterocycles. The zero-order valence-electron chi connectivity index (χ0n) is 16.4. The highest BCUT2D eigenvalue weighted by Crippen LogP contribution is 2.41. The number of rotatable bonds is 7. The number of ether oxygens (including phenoxy) is 1. The lowest BCUT2D eigenvalue weighted by Crippen LogP contribution is -2.31. The molecule has 2 atom stereocenters. The van der Waals surface area contributed by atoms with Crippen molar-refractivity contribution in [3.63, 3.8) is 0 Å². The van der Waals surface area contributed by atoms with E-state index in [9.17, 15) is 12.8 Å². The molecule has 158 valence electrons. The molecule has 9 heteroatoms. The Morgan fingerprint density at radius 1 is 1.20 bits per heavy atom. The van der Waals surface area contributed by atoms with Crippen molar-refractivity contribution >= 4 is 10.1 Å². The predicted molar refractivity (Wildman–Crippen MR) is 106 cm³/mol. The van der Waals surface area contributed by atoms with Crippen LogP contribution in [0.5, 0.6) is 0 Å². The van der Waals surface area contributed by atoms with Crippen LogP contribution in [0.1, 0.15) is 17.5 Å². The minimum absolute atomic E-state index is 0.00346. The number of halogens is 1. The predicted octanol–water partition coefficient (Wildman–Crippen LogP) is 3.06. The third kappa shape index (κ3) is 4.43. The number of hydrogen-bond acceptors (Lipinski definition) is 6. The van der Waals surface area contributed by atoms with Gasteiger partial charge in [0.15, 0.2) is 0 Å². The normalized spacial score (nSPS) is 21.7. The fourth-order valence-electron chi connectivity index (χ4n) is 3.66. The highest BCUT2D eigenvalue weighted by atomic mass is 32.2. The Kier molecular flexibility index (Phi) is 5.68. The van der Waals surface area contributed by atoms with Crippen LogP contribution in [0.4, 0.5) is 4.39 Å². The molecule has 0 N–H and O–H groups in total. The van der Waals surface area contributed by atoms with Crippen molar-refractivity contribution in [3.8, 4) is 0 Å². The lowest BCUT2D eigenvalue weighted by Gasteiger charge is -2.29. The average Bonchev–Trinajstić information content (AvgIpc) is 3.38. The maximum Gasteiger partial charge on any atom is 0.296 e. The number of aryl methyl sites for hydroxylation is 1. The summed E-state index contributed by atoms with van der Waals surface area (Å²) in [5.41, 5.74) is 0.988. The Labute approximate surface area is 174 Å². The molecule has 1 fully saturated rings. The largest absolute Gasteiger partial charge is 0.368 e. The summed E-state index contributed by atoms with van der Waals surface area (Å²) in [6.07, 6.45) is 3.52. The van der Waals surface area contributed by atoms with Gasteiger partial charge in [-0.3, -0.25) is 4.18 Å². The minimum atomic E-state index is -3.85. The molecular weight excluding hydrogens is 409 g/mol. The molecule has 30 heavy (non-hydrogen) atoms. The Morgan fingerprint density at radius 3 is 2.60 bits per heavy atom. The molecule has 0 bridgehead atoms. The van der Waals surface area contributed by atoms with E-state index in [1.165, 1.54) is 30.6 Å². The van der Waals surface area contributed by atoms with E-state index in [1.54, 1.807) is 35.3 Å². The van der Waals surface area contributed by atoms with Gasteiger partial charge >= 0.3 is 0 Å². The summed E-state index contributed by atoms with van der Waals surface area (Å²) in [6, 6.07) is 12.6. The van der Waals surface area contributed by atoms with Crippen LogP contribution in [0.2, 0.25) is 0 Å².